The molecule has 2 heterocycles. The molecule has 2 aromatic rings. The van der Waals surface area contributed by atoms with Gasteiger partial charge in [-0.25, -0.2) is 9.37 Å². The molecule has 0 spiro atoms. The smallest absolute Gasteiger partial charge is 0.127 e. The van der Waals surface area contributed by atoms with E-state index in [-0.39, 0.29) is 11.2 Å². The van der Waals surface area contributed by atoms with E-state index in [0.29, 0.717) is 6.04 Å². The Bertz CT molecular complexity index is 632. The van der Waals surface area contributed by atoms with Crippen LogP contribution in [-0.4, -0.2) is 33.6 Å². The Morgan fingerprint density at radius 3 is 2.67 bits per heavy atom. The summed E-state index contributed by atoms with van der Waals surface area (Å²) in [6, 6.07) is 5.14. The van der Waals surface area contributed by atoms with Gasteiger partial charge in [-0.05, 0) is 58.0 Å². The molecule has 114 valence electrons. The fourth-order valence-electron chi connectivity index (χ4n) is 3.17. The monoisotopic (exact) mass is 309 g/mol. The maximum atomic E-state index is 13.6. The molecule has 1 aromatic heterocycles. The highest BCUT2D eigenvalue weighted by atomic mass is 35.5. The first kappa shape index (κ1) is 14.8. The highest BCUT2D eigenvalue weighted by Crippen LogP contribution is 2.26. The highest BCUT2D eigenvalue weighted by molar-refractivity contribution is 6.20. The second kappa shape index (κ2) is 5.93. The Hall–Kier alpha value is -1.13. The molecule has 1 aromatic carbocycles. The summed E-state index contributed by atoms with van der Waals surface area (Å²) in [5.41, 5.74) is 1.65. The van der Waals surface area contributed by atoms with Crippen molar-refractivity contribution in [1.82, 2.24) is 14.5 Å². The van der Waals surface area contributed by atoms with Gasteiger partial charge in [0.15, 0.2) is 0 Å². The second-order valence-corrected chi connectivity index (χ2v) is 6.58. The number of benzene rings is 1. The Labute approximate surface area is 129 Å². The molecular formula is C16H21ClFN3. The minimum Gasteiger partial charge on any atom is -0.325 e. The van der Waals surface area contributed by atoms with Gasteiger partial charge in [-0.1, -0.05) is 0 Å². The number of nitrogens with zero attached hydrogens (tertiary/aromatic N) is 3. The van der Waals surface area contributed by atoms with Gasteiger partial charge in [0.1, 0.15) is 11.6 Å². The third kappa shape index (κ3) is 2.92. The van der Waals surface area contributed by atoms with Crippen LogP contribution in [0.15, 0.2) is 18.2 Å². The molecular weight excluding hydrogens is 289 g/mol. The van der Waals surface area contributed by atoms with E-state index in [1.165, 1.54) is 18.9 Å². The Balaban J connectivity index is 1.98. The third-order valence-electron chi connectivity index (χ3n) is 4.31. The van der Waals surface area contributed by atoms with Crippen molar-refractivity contribution >= 4 is 22.6 Å². The Kier molecular flexibility index (Phi) is 4.18. The molecule has 5 heteroatoms. The molecule has 2 unspecified atom stereocenters. The van der Waals surface area contributed by atoms with Crippen molar-refractivity contribution in [3.63, 3.8) is 0 Å². The average molecular weight is 310 g/mol. The number of halogens is 2. The van der Waals surface area contributed by atoms with E-state index in [1.807, 2.05) is 6.92 Å². The molecule has 3 rings (SSSR count). The second-order valence-electron chi connectivity index (χ2n) is 5.92. The summed E-state index contributed by atoms with van der Waals surface area (Å²) in [4.78, 5) is 7.06. The predicted octanol–water partition coefficient (Wildman–Crippen LogP) is 3.96. The van der Waals surface area contributed by atoms with E-state index >= 15 is 0 Å². The largest absolute Gasteiger partial charge is 0.325 e. The number of hydrogen-bond donors (Lipinski definition) is 0. The standard InChI is InChI=1S/C16H21ClFN3/c1-11(20-7-3-4-8-20)10-21-15-9-13(18)5-6-14(15)19-16(21)12(2)17/h5-6,9,11-12H,3-4,7-8,10H2,1-2H3. The quantitative estimate of drug-likeness (QED) is 0.797. The van der Waals surface area contributed by atoms with Crippen LogP contribution in [0.4, 0.5) is 4.39 Å². The van der Waals surface area contributed by atoms with Gasteiger partial charge in [-0.15, -0.1) is 11.6 Å². The molecule has 1 fully saturated rings. The zero-order valence-electron chi connectivity index (χ0n) is 12.5. The van der Waals surface area contributed by atoms with Gasteiger partial charge in [-0.2, -0.15) is 0 Å². The van der Waals surface area contributed by atoms with Crippen LogP contribution < -0.4 is 0 Å². The third-order valence-corrected chi connectivity index (χ3v) is 4.50. The molecule has 0 amide bonds. The molecule has 0 radical (unpaired) electrons. The number of imidazole rings is 1. The maximum absolute atomic E-state index is 13.6. The fraction of sp³-hybridized carbons (Fsp3) is 0.562. The van der Waals surface area contributed by atoms with Crippen molar-refractivity contribution in [3.05, 3.63) is 29.8 Å². The van der Waals surface area contributed by atoms with Crippen LogP contribution in [0.2, 0.25) is 0 Å². The van der Waals surface area contributed by atoms with E-state index in [0.717, 1.165) is 36.5 Å². The van der Waals surface area contributed by atoms with Crippen molar-refractivity contribution in [2.24, 2.45) is 0 Å². The summed E-state index contributed by atoms with van der Waals surface area (Å²) < 4.78 is 15.7. The normalized spacial score (nSPS) is 19.2. The van der Waals surface area contributed by atoms with Crippen molar-refractivity contribution in [2.75, 3.05) is 13.1 Å². The van der Waals surface area contributed by atoms with Crippen LogP contribution >= 0.6 is 11.6 Å². The van der Waals surface area contributed by atoms with Crippen LogP contribution in [0.1, 0.15) is 37.9 Å². The summed E-state index contributed by atoms with van der Waals surface area (Å²) in [6.45, 7) is 7.23. The number of rotatable bonds is 4. The van der Waals surface area contributed by atoms with Gasteiger partial charge in [0.2, 0.25) is 0 Å². The van der Waals surface area contributed by atoms with E-state index in [1.54, 1.807) is 12.1 Å². The maximum Gasteiger partial charge on any atom is 0.127 e. The molecule has 21 heavy (non-hydrogen) atoms. The lowest BCUT2D eigenvalue weighted by molar-refractivity contribution is 0.236. The molecule has 0 aliphatic carbocycles. The molecule has 1 saturated heterocycles. The van der Waals surface area contributed by atoms with Crippen molar-refractivity contribution < 1.29 is 4.39 Å². The molecule has 1 aliphatic rings. The van der Waals surface area contributed by atoms with Gasteiger partial charge >= 0.3 is 0 Å². The van der Waals surface area contributed by atoms with Crippen LogP contribution in [-0.2, 0) is 6.54 Å². The van der Waals surface area contributed by atoms with Gasteiger partial charge in [0.05, 0.1) is 16.4 Å². The van der Waals surface area contributed by atoms with Crippen LogP contribution in [0, 0.1) is 5.82 Å². The fourth-order valence-corrected chi connectivity index (χ4v) is 3.34. The van der Waals surface area contributed by atoms with Crippen LogP contribution in [0.5, 0.6) is 0 Å². The molecule has 0 N–H and O–H groups in total. The molecule has 0 bridgehead atoms. The first-order valence-electron chi connectivity index (χ1n) is 7.60. The van der Waals surface area contributed by atoms with Crippen molar-refractivity contribution in [2.45, 2.75) is 44.7 Å². The summed E-state index contributed by atoms with van der Waals surface area (Å²) in [5, 5.41) is -0.189. The summed E-state index contributed by atoms with van der Waals surface area (Å²) in [7, 11) is 0. The topological polar surface area (TPSA) is 21.1 Å². The SMILES string of the molecule is CC(Cl)c1nc2ccc(F)cc2n1CC(C)N1CCCC1. The summed E-state index contributed by atoms with van der Waals surface area (Å²) in [6.07, 6.45) is 2.53. The highest BCUT2D eigenvalue weighted by Gasteiger charge is 2.22. The van der Waals surface area contributed by atoms with Crippen LogP contribution in [0.3, 0.4) is 0 Å². The van der Waals surface area contributed by atoms with E-state index in [4.69, 9.17) is 11.6 Å². The number of aromatic nitrogens is 2. The first-order chi connectivity index (χ1) is 10.1. The van der Waals surface area contributed by atoms with Gasteiger partial charge in [0.25, 0.3) is 0 Å². The van der Waals surface area contributed by atoms with Gasteiger partial charge in [-0.3, -0.25) is 4.90 Å². The number of fused-ring (bicyclic) bond motifs is 1. The Morgan fingerprint density at radius 2 is 2.00 bits per heavy atom. The summed E-state index contributed by atoms with van der Waals surface area (Å²) >= 11 is 6.27. The lowest BCUT2D eigenvalue weighted by Gasteiger charge is -2.25. The lowest BCUT2D eigenvalue weighted by atomic mass is 10.2. The minimum atomic E-state index is -0.230. The van der Waals surface area contributed by atoms with Crippen LogP contribution in [0.25, 0.3) is 11.0 Å². The van der Waals surface area contributed by atoms with Crippen molar-refractivity contribution in [1.29, 1.82) is 0 Å². The molecule has 3 nitrogen and oxygen atoms in total. The number of alkyl halides is 1. The minimum absolute atomic E-state index is 0.189. The molecule has 2 atom stereocenters. The predicted molar refractivity (Wildman–Crippen MR) is 84.2 cm³/mol. The zero-order valence-corrected chi connectivity index (χ0v) is 13.3. The zero-order chi connectivity index (χ0) is 15.0. The number of hydrogen-bond acceptors (Lipinski definition) is 2. The molecule has 0 saturated carbocycles. The lowest BCUT2D eigenvalue weighted by Crippen LogP contribution is -2.34. The van der Waals surface area contributed by atoms with Crippen molar-refractivity contribution in [3.8, 4) is 0 Å². The molecule has 1 aliphatic heterocycles. The first-order valence-corrected chi connectivity index (χ1v) is 8.03. The average Bonchev–Trinajstić information content (AvgIpc) is 3.07. The van der Waals surface area contributed by atoms with Gasteiger partial charge < -0.3 is 4.57 Å². The van der Waals surface area contributed by atoms with E-state index in [2.05, 4.69) is 21.4 Å². The van der Waals surface area contributed by atoms with E-state index in [9.17, 15) is 4.39 Å². The summed E-state index contributed by atoms with van der Waals surface area (Å²) in [5.74, 6) is 0.592. The number of likely N-dealkylation sites (tertiary alicyclic amines) is 1. The van der Waals surface area contributed by atoms with E-state index < -0.39 is 0 Å². The Morgan fingerprint density at radius 1 is 1.29 bits per heavy atom. The van der Waals surface area contributed by atoms with Gasteiger partial charge in [0, 0.05) is 12.6 Å².